The summed E-state index contributed by atoms with van der Waals surface area (Å²) >= 11 is 0. The van der Waals surface area contributed by atoms with Crippen LogP contribution in [-0.2, 0) is 14.4 Å². The highest BCUT2D eigenvalue weighted by molar-refractivity contribution is 5.79. The number of nitrogens with one attached hydrogen (secondary N) is 2. The van der Waals surface area contributed by atoms with E-state index in [-0.39, 0.29) is 23.8 Å². The van der Waals surface area contributed by atoms with Gasteiger partial charge in [-0.05, 0) is 18.8 Å². The van der Waals surface area contributed by atoms with Gasteiger partial charge in [0.05, 0.1) is 6.54 Å². The molecule has 0 fully saturated rings. The van der Waals surface area contributed by atoms with Gasteiger partial charge in [0.1, 0.15) is 6.04 Å². The summed E-state index contributed by atoms with van der Waals surface area (Å²) in [5.41, 5.74) is 0.132. The number of hydrogen-bond acceptors (Lipinski definition) is 4. The summed E-state index contributed by atoms with van der Waals surface area (Å²) in [6.45, 7) is 10.4. The molecule has 2 amide bonds. The lowest BCUT2D eigenvalue weighted by Crippen LogP contribution is -2.48. The molecule has 1 unspecified atom stereocenters. The minimum absolute atomic E-state index is 0.00278. The normalized spacial score (nSPS) is 12.8. The number of rotatable bonds is 9. The molecule has 0 bridgehead atoms. The van der Waals surface area contributed by atoms with Crippen molar-refractivity contribution in [1.82, 2.24) is 15.5 Å². The van der Waals surface area contributed by atoms with Crippen LogP contribution in [0.25, 0.3) is 0 Å². The largest absolute Gasteiger partial charge is 0.480 e. The van der Waals surface area contributed by atoms with E-state index >= 15 is 0 Å². The van der Waals surface area contributed by atoms with E-state index in [0.717, 1.165) is 6.42 Å². The molecule has 0 aromatic heterocycles. The molecule has 0 aromatic rings. The SMILES string of the molecule is CC(=O)NCCN(CC(=O)NCCC(C)(C)C)C(C)C(=O)O. The summed E-state index contributed by atoms with van der Waals surface area (Å²) in [4.78, 5) is 35.4. The van der Waals surface area contributed by atoms with Crippen molar-refractivity contribution < 1.29 is 19.5 Å². The molecular weight excluding hydrogens is 286 g/mol. The molecule has 7 heteroatoms. The van der Waals surface area contributed by atoms with Crippen molar-refractivity contribution in [3.8, 4) is 0 Å². The van der Waals surface area contributed by atoms with Crippen LogP contribution in [-0.4, -0.2) is 60.0 Å². The number of carboxylic acids is 1. The maximum atomic E-state index is 11.9. The number of carbonyl (C=O) groups is 3. The second-order valence-corrected chi connectivity index (χ2v) is 6.63. The van der Waals surface area contributed by atoms with Gasteiger partial charge < -0.3 is 15.7 Å². The minimum Gasteiger partial charge on any atom is -0.480 e. The summed E-state index contributed by atoms with van der Waals surface area (Å²) in [6.07, 6.45) is 0.846. The molecule has 22 heavy (non-hydrogen) atoms. The van der Waals surface area contributed by atoms with Gasteiger partial charge in [0.25, 0.3) is 0 Å². The number of carbonyl (C=O) groups excluding carboxylic acids is 2. The van der Waals surface area contributed by atoms with E-state index in [1.807, 2.05) is 0 Å². The van der Waals surface area contributed by atoms with E-state index < -0.39 is 12.0 Å². The minimum atomic E-state index is -0.995. The second-order valence-electron chi connectivity index (χ2n) is 6.63. The van der Waals surface area contributed by atoms with Gasteiger partial charge in [-0.25, -0.2) is 0 Å². The lowest BCUT2D eigenvalue weighted by molar-refractivity contribution is -0.143. The van der Waals surface area contributed by atoms with Crippen molar-refractivity contribution in [2.75, 3.05) is 26.2 Å². The molecule has 128 valence electrons. The molecule has 3 N–H and O–H groups in total. The zero-order chi connectivity index (χ0) is 17.3. The molecule has 7 nitrogen and oxygen atoms in total. The van der Waals surface area contributed by atoms with Crippen LogP contribution in [0, 0.1) is 5.41 Å². The molecule has 0 saturated heterocycles. The third-order valence-corrected chi connectivity index (χ3v) is 3.22. The highest BCUT2D eigenvalue weighted by Gasteiger charge is 2.22. The number of carboxylic acid groups (broad SMARTS) is 1. The first-order valence-electron chi connectivity index (χ1n) is 7.51. The first kappa shape index (κ1) is 20.4. The third kappa shape index (κ3) is 10.1. The van der Waals surface area contributed by atoms with Crippen LogP contribution in [0.2, 0.25) is 0 Å². The molecule has 1 atom stereocenters. The Morgan fingerprint density at radius 2 is 1.73 bits per heavy atom. The fourth-order valence-electron chi connectivity index (χ4n) is 1.76. The number of hydrogen-bond donors (Lipinski definition) is 3. The van der Waals surface area contributed by atoms with Crippen LogP contribution in [0.1, 0.15) is 41.0 Å². The fourth-order valence-corrected chi connectivity index (χ4v) is 1.76. The van der Waals surface area contributed by atoms with Crippen molar-refractivity contribution in [2.45, 2.75) is 47.1 Å². The molecule has 0 saturated carbocycles. The molecule has 0 aliphatic heterocycles. The lowest BCUT2D eigenvalue weighted by Gasteiger charge is -2.26. The monoisotopic (exact) mass is 315 g/mol. The molecule has 0 rings (SSSR count). The molecule has 0 aromatic carbocycles. The van der Waals surface area contributed by atoms with Crippen molar-refractivity contribution in [1.29, 1.82) is 0 Å². The predicted octanol–water partition coefficient (Wildman–Crippen LogP) is 0.450. The Kier molecular flexibility index (Phi) is 8.70. The van der Waals surface area contributed by atoms with Gasteiger partial charge in [0.2, 0.25) is 11.8 Å². The first-order chi connectivity index (χ1) is 10.0. The predicted molar refractivity (Wildman–Crippen MR) is 84.4 cm³/mol. The Morgan fingerprint density at radius 3 is 2.18 bits per heavy atom. The highest BCUT2D eigenvalue weighted by atomic mass is 16.4. The Morgan fingerprint density at radius 1 is 1.14 bits per heavy atom. The number of aliphatic carboxylic acids is 1. The number of amides is 2. The molecule has 0 aliphatic rings. The Balaban J connectivity index is 4.39. The quantitative estimate of drug-likeness (QED) is 0.574. The van der Waals surface area contributed by atoms with Crippen molar-refractivity contribution in [2.24, 2.45) is 5.41 Å². The van der Waals surface area contributed by atoms with E-state index in [9.17, 15) is 14.4 Å². The average molecular weight is 315 g/mol. The molecule has 0 spiro atoms. The standard InChI is InChI=1S/C15H29N3O4/c1-11(14(21)22)18(9-8-16-12(2)19)10-13(20)17-7-6-15(3,4)5/h11H,6-10H2,1-5H3,(H,16,19)(H,17,20)(H,21,22). The van der Waals surface area contributed by atoms with Crippen LogP contribution in [0.3, 0.4) is 0 Å². The molecule has 0 aliphatic carbocycles. The van der Waals surface area contributed by atoms with Gasteiger partial charge >= 0.3 is 5.97 Å². The van der Waals surface area contributed by atoms with Crippen LogP contribution < -0.4 is 10.6 Å². The first-order valence-corrected chi connectivity index (χ1v) is 7.51. The van der Waals surface area contributed by atoms with Crippen LogP contribution >= 0.6 is 0 Å². The zero-order valence-electron chi connectivity index (χ0n) is 14.2. The summed E-state index contributed by atoms with van der Waals surface area (Å²) in [5.74, 6) is -1.39. The van der Waals surface area contributed by atoms with Gasteiger partial charge in [-0.2, -0.15) is 0 Å². The molecule has 0 radical (unpaired) electrons. The van der Waals surface area contributed by atoms with E-state index in [1.54, 1.807) is 0 Å². The maximum absolute atomic E-state index is 11.9. The molecular formula is C15H29N3O4. The van der Waals surface area contributed by atoms with Gasteiger partial charge in [0.15, 0.2) is 0 Å². The van der Waals surface area contributed by atoms with Crippen LogP contribution in [0.15, 0.2) is 0 Å². The Hall–Kier alpha value is -1.63. The van der Waals surface area contributed by atoms with E-state index in [4.69, 9.17) is 5.11 Å². The maximum Gasteiger partial charge on any atom is 0.320 e. The van der Waals surface area contributed by atoms with Crippen molar-refractivity contribution in [3.63, 3.8) is 0 Å². The van der Waals surface area contributed by atoms with E-state index in [1.165, 1.54) is 18.7 Å². The Bertz CT molecular complexity index is 391. The van der Waals surface area contributed by atoms with E-state index in [2.05, 4.69) is 31.4 Å². The highest BCUT2D eigenvalue weighted by Crippen LogP contribution is 2.16. The fraction of sp³-hybridized carbons (Fsp3) is 0.800. The summed E-state index contributed by atoms with van der Waals surface area (Å²) in [7, 11) is 0. The van der Waals surface area contributed by atoms with E-state index in [0.29, 0.717) is 19.6 Å². The van der Waals surface area contributed by atoms with Gasteiger partial charge in [-0.15, -0.1) is 0 Å². The van der Waals surface area contributed by atoms with Crippen LogP contribution in [0.4, 0.5) is 0 Å². The smallest absolute Gasteiger partial charge is 0.320 e. The van der Waals surface area contributed by atoms with Crippen molar-refractivity contribution >= 4 is 17.8 Å². The zero-order valence-corrected chi connectivity index (χ0v) is 14.2. The van der Waals surface area contributed by atoms with Crippen LogP contribution in [0.5, 0.6) is 0 Å². The molecule has 0 heterocycles. The average Bonchev–Trinajstić information content (AvgIpc) is 2.34. The summed E-state index contributed by atoms with van der Waals surface area (Å²) < 4.78 is 0. The van der Waals surface area contributed by atoms with Crippen molar-refractivity contribution in [3.05, 3.63) is 0 Å². The van der Waals surface area contributed by atoms with Gasteiger partial charge in [0, 0.05) is 26.6 Å². The summed E-state index contributed by atoms with van der Waals surface area (Å²) in [5, 5.41) is 14.5. The third-order valence-electron chi connectivity index (χ3n) is 3.22. The topological polar surface area (TPSA) is 98.7 Å². The Labute approximate surface area is 132 Å². The number of nitrogens with zero attached hydrogens (tertiary/aromatic N) is 1. The second kappa shape index (κ2) is 9.40. The van der Waals surface area contributed by atoms with Gasteiger partial charge in [-0.3, -0.25) is 19.3 Å². The van der Waals surface area contributed by atoms with Gasteiger partial charge in [-0.1, -0.05) is 20.8 Å². The summed E-state index contributed by atoms with van der Waals surface area (Å²) in [6, 6.07) is -0.790. The lowest BCUT2D eigenvalue weighted by atomic mass is 9.92.